The summed E-state index contributed by atoms with van der Waals surface area (Å²) in [6, 6.07) is 47.7. The molecule has 0 radical (unpaired) electrons. The van der Waals surface area contributed by atoms with Crippen molar-refractivity contribution in [2.45, 2.75) is 12.3 Å². The van der Waals surface area contributed by atoms with Gasteiger partial charge in [0.25, 0.3) is 0 Å². The quantitative estimate of drug-likeness (QED) is 0.184. The van der Waals surface area contributed by atoms with Gasteiger partial charge in [-0.05, 0) is 63.7 Å². The molecule has 0 spiro atoms. The van der Waals surface area contributed by atoms with Gasteiger partial charge in [-0.2, -0.15) is 0 Å². The highest BCUT2D eigenvalue weighted by atomic mass is 15.1. The van der Waals surface area contributed by atoms with Crippen molar-refractivity contribution in [1.82, 2.24) is 4.90 Å². The van der Waals surface area contributed by atoms with Crippen LogP contribution in [0.2, 0.25) is 0 Å². The molecule has 44 heavy (non-hydrogen) atoms. The molecule has 218 valence electrons. The Hall–Kier alpha value is -5.34. The number of benzene rings is 5. The van der Waals surface area contributed by atoms with Crippen LogP contribution in [0.1, 0.15) is 40.3 Å². The number of likely N-dealkylation sites (N-methyl/N-ethyl adjacent to an activating group) is 1. The first kappa shape index (κ1) is 30.1. The zero-order chi connectivity index (χ0) is 30.8. The summed E-state index contributed by atoms with van der Waals surface area (Å²) in [5, 5.41) is 0. The van der Waals surface area contributed by atoms with Crippen LogP contribution in [0.4, 0.5) is 0 Å². The second-order valence-corrected chi connectivity index (χ2v) is 10.8. The van der Waals surface area contributed by atoms with Crippen LogP contribution < -0.4 is 5.73 Å². The molecule has 0 aliphatic heterocycles. The molecule has 2 N–H and O–H groups in total. The Morgan fingerprint density at radius 1 is 0.682 bits per heavy atom. The van der Waals surface area contributed by atoms with Gasteiger partial charge in [0.2, 0.25) is 0 Å². The standard InChI is InChI=1S/C33H30N2.C9H10/c1-25(35(2)24-12-4-11-23-34)26-19-21-28(22-20-26)33(27-13-5-3-6-14-27)31-17-9-7-15-29(31)30-16-8-10-18-32(30)33;1-2-6-9-7-4-3-5-8-9/h3-23H,1,24,34H2,2H3;2-8H,1H3/b12-4-,23-11-;6-2+. The van der Waals surface area contributed by atoms with Crippen molar-refractivity contribution in [2.75, 3.05) is 13.6 Å². The maximum atomic E-state index is 5.41. The van der Waals surface area contributed by atoms with Gasteiger partial charge in [-0.1, -0.05) is 164 Å². The molecule has 5 aromatic rings. The van der Waals surface area contributed by atoms with Gasteiger partial charge in [-0.15, -0.1) is 0 Å². The summed E-state index contributed by atoms with van der Waals surface area (Å²) in [4.78, 5) is 2.14. The van der Waals surface area contributed by atoms with Crippen molar-refractivity contribution in [3.63, 3.8) is 0 Å². The molecule has 6 rings (SSSR count). The van der Waals surface area contributed by atoms with Gasteiger partial charge in [-0.3, -0.25) is 0 Å². The SMILES string of the molecule is C/C=C/c1ccccc1.C=C(c1ccc(C2(c3ccccc3)c3ccccc3-c3ccccc32)cc1)N(C)C/C=C\C=C/N. The Bertz CT molecular complexity index is 1710. The predicted molar refractivity (Wildman–Crippen MR) is 189 cm³/mol. The lowest BCUT2D eigenvalue weighted by molar-refractivity contribution is 0.537. The Morgan fingerprint density at radius 3 is 1.77 bits per heavy atom. The molecule has 0 heterocycles. The molecule has 0 saturated heterocycles. The molecule has 0 aromatic heterocycles. The Kier molecular flexibility index (Phi) is 9.74. The Morgan fingerprint density at radius 2 is 1.20 bits per heavy atom. The largest absolute Gasteiger partial charge is 0.405 e. The summed E-state index contributed by atoms with van der Waals surface area (Å²) in [5.74, 6) is 0. The van der Waals surface area contributed by atoms with Crippen LogP contribution in [0.3, 0.4) is 0 Å². The number of fused-ring (bicyclic) bond motifs is 3. The van der Waals surface area contributed by atoms with Crippen molar-refractivity contribution in [3.8, 4) is 11.1 Å². The number of hydrogen-bond acceptors (Lipinski definition) is 2. The van der Waals surface area contributed by atoms with Crippen LogP contribution >= 0.6 is 0 Å². The topological polar surface area (TPSA) is 29.3 Å². The van der Waals surface area contributed by atoms with Crippen LogP contribution in [0.15, 0.2) is 171 Å². The van der Waals surface area contributed by atoms with Crippen LogP contribution in [0, 0.1) is 0 Å². The van der Waals surface area contributed by atoms with Crippen LogP contribution in [-0.4, -0.2) is 18.5 Å². The Labute approximate surface area is 262 Å². The number of nitrogens with two attached hydrogens (primary N) is 1. The first-order valence-electron chi connectivity index (χ1n) is 15.1. The third-order valence-electron chi connectivity index (χ3n) is 8.17. The van der Waals surface area contributed by atoms with E-state index in [1.807, 2.05) is 43.4 Å². The molecule has 0 fully saturated rings. The van der Waals surface area contributed by atoms with E-state index < -0.39 is 0 Å². The highest BCUT2D eigenvalue weighted by Gasteiger charge is 2.45. The van der Waals surface area contributed by atoms with Gasteiger partial charge >= 0.3 is 0 Å². The average molecular weight is 573 g/mol. The number of allylic oxidation sites excluding steroid dienone is 3. The van der Waals surface area contributed by atoms with E-state index in [4.69, 9.17) is 5.73 Å². The molecule has 2 heteroatoms. The molecule has 1 aliphatic rings. The van der Waals surface area contributed by atoms with Crippen molar-refractivity contribution in [1.29, 1.82) is 0 Å². The monoisotopic (exact) mass is 572 g/mol. The van der Waals surface area contributed by atoms with E-state index >= 15 is 0 Å². The molecule has 0 bridgehead atoms. The zero-order valence-electron chi connectivity index (χ0n) is 25.6. The molecule has 2 nitrogen and oxygen atoms in total. The summed E-state index contributed by atoms with van der Waals surface area (Å²) < 4.78 is 0. The highest BCUT2D eigenvalue weighted by Crippen LogP contribution is 2.55. The van der Waals surface area contributed by atoms with E-state index in [0.29, 0.717) is 0 Å². The summed E-state index contributed by atoms with van der Waals surface area (Å²) in [7, 11) is 2.06. The van der Waals surface area contributed by atoms with Crippen LogP contribution in [-0.2, 0) is 5.41 Å². The first-order valence-corrected chi connectivity index (χ1v) is 15.1. The molecule has 0 saturated carbocycles. The molecular formula is C42H40N2. The fourth-order valence-electron chi connectivity index (χ4n) is 6.07. The fourth-order valence-corrected chi connectivity index (χ4v) is 6.07. The molecular weight excluding hydrogens is 532 g/mol. The van der Waals surface area contributed by atoms with Gasteiger partial charge in [-0.25, -0.2) is 0 Å². The Balaban J connectivity index is 0.000000367. The smallest absolute Gasteiger partial charge is 0.0713 e. The summed E-state index contributed by atoms with van der Waals surface area (Å²) in [6.07, 6.45) is 11.5. The summed E-state index contributed by atoms with van der Waals surface area (Å²) >= 11 is 0. The molecule has 1 aliphatic carbocycles. The van der Waals surface area contributed by atoms with Gasteiger partial charge in [0.1, 0.15) is 0 Å². The third kappa shape index (κ3) is 6.07. The van der Waals surface area contributed by atoms with Crippen molar-refractivity contribution in [2.24, 2.45) is 5.73 Å². The van der Waals surface area contributed by atoms with E-state index in [1.54, 1.807) is 0 Å². The molecule has 0 unspecified atom stereocenters. The normalized spacial score (nSPS) is 13.0. The molecule has 0 atom stereocenters. The second kappa shape index (κ2) is 14.2. The lowest BCUT2D eigenvalue weighted by Gasteiger charge is -2.34. The average Bonchev–Trinajstić information content (AvgIpc) is 3.39. The predicted octanol–water partition coefficient (Wildman–Crippen LogP) is 9.70. The second-order valence-electron chi connectivity index (χ2n) is 10.8. The van der Waals surface area contributed by atoms with E-state index in [0.717, 1.165) is 17.8 Å². The summed E-state index contributed by atoms with van der Waals surface area (Å²) in [6.45, 7) is 7.13. The fraction of sp³-hybridized carbons (Fsp3) is 0.0952. The third-order valence-corrected chi connectivity index (χ3v) is 8.17. The van der Waals surface area contributed by atoms with Gasteiger partial charge in [0.15, 0.2) is 0 Å². The minimum atomic E-state index is -0.364. The number of rotatable bonds is 8. The van der Waals surface area contributed by atoms with Crippen LogP contribution in [0.25, 0.3) is 22.9 Å². The molecule has 0 amide bonds. The molecule has 5 aromatic carbocycles. The minimum Gasteiger partial charge on any atom is -0.405 e. The lowest BCUT2D eigenvalue weighted by atomic mass is 9.67. The highest BCUT2D eigenvalue weighted by molar-refractivity contribution is 5.86. The lowest BCUT2D eigenvalue weighted by Crippen LogP contribution is -2.28. The van der Waals surface area contributed by atoms with Crippen LogP contribution in [0.5, 0.6) is 0 Å². The maximum absolute atomic E-state index is 5.41. The van der Waals surface area contributed by atoms with E-state index in [2.05, 4.69) is 146 Å². The van der Waals surface area contributed by atoms with Gasteiger partial charge in [0.05, 0.1) is 5.41 Å². The number of nitrogens with zero attached hydrogens (tertiary/aromatic N) is 1. The summed E-state index contributed by atoms with van der Waals surface area (Å²) in [5.41, 5.74) is 16.2. The number of hydrogen-bond donors (Lipinski definition) is 1. The van der Waals surface area contributed by atoms with E-state index in [9.17, 15) is 0 Å². The maximum Gasteiger partial charge on any atom is 0.0713 e. The van der Waals surface area contributed by atoms with E-state index in [-0.39, 0.29) is 5.41 Å². The van der Waals surface area contributed by atoms with Crippen molar-refractivity contribution < 1.29 is 0 Å². The van der Waals surface area contributed by atoms with E-state index in [1.165, 1.54) is 45.1 Å². The zero-order valence-corrected chi connectivity index (χ0v) is 25.6. The van der Waals surface area contributed by atoms with Gasteiger partial charge < -0.3 is 10.6 Å². The van der Waals surface area contributed by atoms with Crippen molar-refractivity contribution in [3.05, 3.63) is 204 Å². The van der Waals surface area contributed by atoms with Crippen molar-refractivity contribution >= 4 is 11.8 Å². The first-order chi connectivity index (χ1) is 21.6. The minimum absolute atomic E-state index is 0.364. The van der Waals surface area contributed by atoms with Gasteiger partial charge in [0, 0.05) is 19.3 Å².